The van der Waals surface area contributed by atoms with E-state index in [2.05, 4.69) is 13.8 Å². The van der Waals surface area contributed by atoms with Gasteiger partial charge in [-0.25, -0.2) is 0 Å². The van der Waals surface area contributed by atoms with Gasteiger partial charge >= 0.3 is 0 Å². The highest BCUT2D eigenvalue weighted by atomic mass is 35.5. The lowest BCUT2D eigenvalue weighted by molar-refractivity contribution is -0.910. The van der Waals surface area contributed by atoms with Crippen LogP contribution in [-0.4, -0.2) is 20.2 Å². The molecule has 23 heavy (non-hydrogen) atoms. The minimum Gasteiger partial charge on any atom is -1.00 e. The molecule has 0 bridgehead atoms. The number of rotatable bonds is 6. The van der Waals surface area contributed by atoms with Gasteiger partial charge in [-0.1, -0.05) is 6.92 Å². The van der Waals surface area contributed by atoms with Gasteiger partial charge in [-0.05, 0) is 32.9 Å². The van der Waals surface area contributed by atoms with Crippen LogP contribution in [0.5, 0.6) is 5.75 Å². The predicted molar refractivity (Wildman–Crippen MR) is 88.9 cm³/mol. The number of ether oxygens (including phenoxy) is 1. The van der Waals surface area contributed by atoms with Gasteiger partial charge in [-0.3, -0.25) is 4.79 Å². The van der Waals surface area contributed by atoms with Gasteiger partial charge in [0.15, 0.2) is 11.0 Å². The Hall–Kier alpha value is -1.52. The molecule has 2 rings (SSSR count). The molecule has 0 atom stereocenters. The molecular formula is C18H26ClNO3. The summed E-state index contributed by atoms with van der Waals surface area (Å²) in [6, 6.07) is 3.69. The normalized spacial score (nSPS) is 10.9. The number of fused-ring (bicyclic) bond motifs is 1. The molecule has 0 aliphatic heterocycles. The van der Waals surface area contributed by atoms with Gasteiger partial charge in [0.1, 0.15) is 18.1 Å². The highest BCUT2D eigenvalue weighted by Gasteiger charge is 2.19. The summed E-state index contributed by atoms with van der Waals surface area (Å²) in [5, 5.41) is 0.650. The summed E-state index contributed by atoms with van der Waals surface area (Å²) in [4.78, 5) is 14.0. The molecule has 2 aromatic rings. The number of benzene rings is 1. The number of hydrogen-bond donors (Lipinski definition) is 1. The maximum atomic E-state index is 12.6. The molecule has 0 spiro atoms. The topological polar surface area (TPSA) is 43.9 Å². The van der Waals surface area contributed by atoms with Crippen molar-refractivity contribution in [1.82, 2.24) is 0 Å². The number of methoxy groups -OCH3 is 1. The van der Waals surface area contributed by atoms with Crippen molar-refractivity contribution in [3.8, 4) is 5.75 Å². The average molecular weight is 340 g/mol. The quantitative estimate of drug-likeness (QED) is 0.742. The third-order valence-corrected chi connectivity index (χ3v) is 4.41. The minimum atomic E-state index is 0. The van der Waals surface area contributed by atoms with Crippen molar-refractivity contribution in [3.05, 3.63) is 39.2 Å². The lowest BCUT2D eigenvalue weighted by Gasteiger charge is -2.18. The molecule has 0 radical (unpaired) electrons. The number of nitrogens with one attached hydrogen (secondary N) is 1. The maximum absolute atomic E-state index is 12.6. The van der Waals surface area contributed by atoms with Crippen LogP contribution in [0.2, 0.25) is 0 Å². The number of hydrogen-bond acceptors (Lipinski definition) is 3. The van der Waals surface area contributed by atoms with Crippen LogP contribution in [0.4, 0.5) is 0 Å². The van der Waals surface area contributed by atoms with E-state index in [0.717, 1.165) is 36.7 Å². The summed E-state index contributed by atoms with van der Waals surface area (Å²) in [5.74, 6) is 1.56. The van der Waals surface area contributed by atoms with E-state index in [1.54, 1.807) is 7.11 Å². The number of quaternary nitrogens is 1. The third-order valence-electron chi connectivity index (χ3n) is 4.41. The molecule has 1 aromatic heterocycles. The zero-order chi connectivity index (χ0) is 16.3. The van der Waals surface area contributed by atoms with Crippen molar-refractivity contribution in [3.63, 3.8) is 0 Å². The zero-order valence-corrected chi connectivity index (χ0v) is 15.3. The van der Waals surface area contributed by atoms with Gasteiger partial charge in [-0.15, -0.1) is 0 Å². The fraction of sp³-hybridized carbons (Fsp3) is 0.500. The second-order valence-electron chi connectivity index (χ2n) is 5.59. The van der Waals surface area contributed by atoms with E-state index in [9.17, 15) is 4.79 Å². The standard InChI is InChI=1S/C18H25NO3.ClH/c1-6-15-12(4)17(20)13-9-10-16(21-5)14(18(13)22-15)11-19(7-2)8-3;/h9-10H,6-8,11H2,1-5H3;1H. The molecule has 0 aliphatic carbocycles. The Morgan fingerprint density at radius 1 is 1.17 bits per heavy atom. The van der Waals surface area contributed by atoms with Crippen LogP contribution in [0.25, 0.3) is 11.0 Å². The fourth-order valence-electron chi connectivity index (χ4n) is 2.88. The summed E-state index contributed by atoms with van der Waals surface area (Å²) in [6.45, 7) is 11.0. The molecule has 0 saturated carbocycles. The molecule has 5 heteroatoms. The minimum absolute atomic E-state index is 0. The Balaban J connectivity index is 0.00000264. The summed E-state index contributed by atoms with van der Waals surface area (Å²) < 4.78 is 11.6. The molecule has 1 heterocycles. The van der Waals surface area contributed by atoms with E-state index in [1.165, 1.54) is 4.90 Å². The highest BCUT2D eigenvalue weighted by Crippen LogP contribution is 2.27. The Morgan fingerprint density at radius 2 is 1.83 bits per heavy atom. The van der Waals surface area contributed by atoms with E-state index in [0.29, 0.717) is 23.0 Å². The van der Waals surface area contributed by atoms with Crippen molar-refractivity contribution in [1.29, 1.82) is 0 Å². The molecule has 128 valence electrons. The van der Waals surface area contributed by atoms with Crippen LogP contribution in [0.3, 0.4) is 0 Å². The number of halogens is 1. The maximum Gasteiger partial charge on any atom is 0.195 e. The zero-order valence-electron chi connectivity index (χ0n) is 14.6. The summed E-state index contributed by atoms with van der Waals surface area (Å²) >= 11 is 0. The van der Waals surface area contributed by atoms with Crippen LogP contribution >= 0.6 is 0 Å². The first kappa shape index (κ1) is 19.5. The van der Waals surface area contributed by atoms with E-state index < -0.39 is 0 Å². The van der Waals surface area contributed by atoms with Crippen LogP contribution < -0.4 is 27.5 Å². The largest absolute Gasteiger partial charge is 1.00 e. The molecule has 0 aliphatic rings. The van der Waals surface area contributed by atoms with E-state index in [4.69, 9.17) is 9.15 Å². The van der Waals surface area contributed by atoms with Crippen molar-refractivity contribution in [2.45, 2.75) is 40.7 Å². The lowest BCUT2D eigenvalue weighted by atomic mass is 10.1. The van der Waals surface area contributed by atoms with Crippen molar-refractivity contribution >= 4 is 11.0 Å². The Labute approximate surface area is 143 Å². The van der Waals surface area contributed by atoms with Crippen LogP contribution in [0.15, 0.2) is 21.3 Å². The molecular weight excluding hydrogens is 314 g/mol. The molecule has 0 saturated heterocycles. The van der Waals surface area contributed by atoms with Crippen LogP contribution in [-0.2, 0) is 13.0 Å². The monoisotopic (exact) mass is 339 g/mol. The predicted octanol–water partition coefficient (Wildman–Crippen LogP) is -0.899. The van der Waals surface area contributed by atoms with E-state index >= 15 is 0 Å². The van der Waals surface area contributed by atoms with Gasteiger partial charge in [0, 0.05) is 12.0 Å². The Bertz CT molecular complexity index is 720. The molecule has 0 fully saturated rings. The van der Waals surface area contributed by atoms with Gasteiger partial charge in [0.05, 0.1) is 31.1 Å². The first-order valence-electron chi connectivity index (χ1n) is 8.02. The molecule has 1 aromatic carbocycles. The SMILES string of the molecule is CCc1oc2c(C[NH+](CC)CC)c(OC)ccc2c(=O)c1C.[Cl-]. The van der Waals surface area contributed by atoms with Crippen molar-refractivity contribution in [2.75, 3.05) is 20.2 Å². The molecule has 0 amide bonds. The van der Waals surface area contributed by atoms with E-state index in [-0.39, 0.29) is 17.8 Å². The third kappa shape index (κ3) is 3.70. The fourth-order valence-corrected chi connectivity index (χ4v) is 2.88. The second kappa shape index (κ2) is 8.37. The second-order valence-corrected chi connectivity index (χ2v) is 5.59. The molecule has 4 nitrogen and oxygen atoms in total. The first-order chi connectivity index (χ1) is 10.6. The Morgan fingerprint density at radius 3 is 2.35 bits per heavy atom. The van der Waals surface area contributed by atoms with Crippen molar-refractivity contribution in [2.24, 2.45) is 0 Å². The van der Waals surface area contributed by atoms with Gasteiger partial charge < -0.3 is 26.5 Å². The first-order valence-corrected chi connectivity index (χ1v) is 8.02. The summed E-state index contributed by atoms with van der Waals surface area (Å²) in [7, 11) is 1.66. The van der Waals surface area contributed by atoms with Gasteiger partial charge in [-0.2, -0.15) is 0 Å². The number of aryl methyl sites for hydroxylation is 1. The van der Waals surface area contributed by atoms with Crippen molar-refractivity contribution < 1.29 is 26.5 Å². The lowest BCUT2D eigenvalue weighted by Crippen LogP contribution is -3.10. The average Bonchev–Trinajstić information content (AvgIpc) is 2.55. The van der Waals surface area contributed by atoms with Crippen LogP contribution in [0.1, 0.15) is 37.7 Å². The smallest absolute Gasteiger partial charge is 0.195 e. The molecule has 1 N–H and O–H groups in total. The Kier molecular flexibility index (Phi) is 7.10. The summed E-state index contributed by atoms with van der Waals surface area (Å²) in [5.41, 5.74) is 2.45. The van der Waals surface area contributed by atoms with Gasteiger partial charge in [0.25, 0.3) is 0 Å². The summed E-state index contributed by atoms with van der Waals surface area (Å²) in [6.07, 6.45) is 0.714. The van der Waals surface area contributed by atoms with Gasteiger partial charge in [0.2, 0.25) is 0 Å². The van der Waals surface area contributed by atoms with E-state index in [1.807, 2.05) is 26.0 Å². The van der Waals surface area contributed by atoms with Crippen LogP contribution in [0, 0.1) is 6.92 Å². The molecule has 0 unspecified atom stereocenters. The highest BCUT2D eigenvalue weighted by molar-refractivity contribution is 5.82.